The largest absolute Gasteiger partial charge is 0.465 e. The van der Waals surface area contributed by atoms with Gasteiger partial charge in [-0.2, -0.15) is 0 Å². The average molecular weight is 272 g/mol. The number of hydrogen-bond donors (Lipinski definition) is 1. The van der Waals surface area contributed by atoms with Crippen molar-refractivity contribution in [1.29, 1.82) is 0 Å². The number of fused-ring (bicyclic) bond motifs is 1. The predicted octanol–water partition coefficient (Wildman–Crippen LogP) is 2.86. The average Bonchev–Trinajstić information content (AvgIpc) is 2.58. The van der Waals surface area contributed by atoms with E-state index in [0.29, 0.717) is 5.52 Å². The van der Waals surface area contributed by atoms with Crippen molar-refractivity contribution in [3.8, 4) is 0 Å². The Morgan fingerprint density at radius 1 is 1.53 bits per heavy atom. The molecule has 0 aliphatic carbocycles. The Morgan fingerprint density at radius 3 is 2.93 bits per heavy atom. The Labute approximate surface area is 93.4 Å². The minimum Gasteiger partial charge on any atom is -0.465 e. The van der Waals surface area contributed by atoms with Crippen molar-refractivity contribution in [3.05, 3.63) is 34.2 Å². The first kappa shape index (κ1) is 10.2. The van der Waals surface area contributed by atoms with Crippen LogP contribution in [0.3, 0.4) is 0 Å². The first-order chi connectivity index (χ1) is 7.13. The molecule has 0 saturated carbocycles. The predicted molar refractivity (Wildman–Crippen MR) is 57.3 cm³/mol. The summed E-state index contributed by atoms with van der Waals surface area (Å²) < 4.78 is 18.7. The molecular weight excluding hydrogens is 265 g/mol. The fourth-order valence-corrected chi connectivity index (χ4v) is 1.82. The van der Waals surface area contributed by atoms with Crippen LogP contribution < -0.4 is 0 Å². The third-order valence-electron chi connectivity index (χ3n) is 2.12. The molecule has 1 N–H and O–H groups in total. The van der Waals surface area contributed by atoms with Gasteiger partial charge in [0, 0.05) is 21.6 Å². The van der Waals surface area contributed by atoms with Gasteiger partial charge in [0.1, 0.15) is 5.82 Å². The number of esters is 1. The molecule has 0 atom stereocenters. The monoisotopic (exact) mass is 271 g/mol. The van der Waals surface area contributed by atoms with E-state index < -0.39 is 11.8 Å². The number of benzene rings is 1. The summed E-state index contributed by atoms with van der Waals surface area (Å²) in [4.78, 5) is 14.1. The highest BCUT2D eigenvalue weighted by Gasteiger charge is 2.14. The number of carbonyl (C=O) groups is 1. The number of nitrogens with one attached hydrogen (secondary N) is 1. The second-order valence-corrected chi connectivity index (χ2v) is 3.86. The number of hydrogen-bond acceptors (Lipinski definition) is 2. The van der Waals surface area contributed by atoms with Gasteiger partial charge in [-0.25, -0.2) is 9.18 Å². The zero-order valence-corrected chi connectivity index (χ0v) is 9.39. The van der Waals surface area contributed by atoms with Crippen LogP contribution in [0.25, 0.3) is 10.9 Å². The number of ether oxygens (including phenoxy) is 1. The van der Waals surface area contributed by atoms with Crippen LogP contribution in [0, 0.1) is 5.82 Å². The molecule has 1 aromatic heterocycles. The van der Waals surface area contributed by atoms with E-state index in [1.165, 1.54) is 19.2 Å². The fraction of sp³-hybridized carbons (Fsp3) is 0.100. The van der Waals surface area contributed by atoms with Gasteiger partial charge >= 0.3 is 5.97 Å². The molecule has 5 heteroatoms. The quantitative estimate of drug-likeness (QED) is 0.811. The first-order valence-electron chi connectivity index (χ1n) is 4.18. The van der Waals surface area contributed by atoms with Crippen molar-refractivity contribution in [2.75, 3.05) is 7.11 Å². The lowest BCUT2D eigenvalue weighted by Gasteiger charge is -2.01. The Hall–Kier alpha value is -1.36. The number of methoxy groups -OCH3 is 1. The van der Waals surface area contributed by atoms with Gasteiger partial charge in [-0.1, -0.05) is 0 Å². The van der Waals surface area contributed by atoms with Crippen LogP contribution in [-0.4, -0.2) is 18.1 Å². The lowest BCUT2D eigenvalue weighted by atomic mass is 10.1. The Kier molecular flexibility index (Phi) is 2.48. The molecule has 0 bridgehead atoms. The summed E-state index contributed by atoms with van der Waals surface area (Å²) in [7, 11) is 1.22. The van der Waals surface area contributed by atoms with E-state index in [1.54, 1.807) is 6.20 Å². The molecule has 0 aliphatic rings. The van der Waals surface area contributed by atoms with Crippen LogP contribution in [0.5, 0.6) is 0 Å². The van der Waals surface area contributed by atoms with Gasteiger partial charge in [-0.3, -0.25) is 0 Å². The molecule has 3 nitrogen and oxygen atoms in total. The van der Waals surface area contributed by atoms with E-state index in [-0.39, 0.29) is 5.56 Å². The zero-order chi connectivity index (χ0) is 11.0. The van der Waals surface area contributed by atoms with E-state index >= 15 is 0 Å². The maximum Gasteiger partial charge on any atom is 0.340 e. The van der Waals surface area contributed by atoms with Crippen LogP contribution in [0.1, 0.15) is 10.4 Å². The van der Waals surface area contributed by atoms with Gasteiger partial charge in [0.15, 0.2) is 0 Å². The molecule has 0 amide bonds. The van der Waals surface area contributed by atoms with Crippen LogP contribution >= 0.6 is 15.9 Å². The summed E-state index contributed by atoms with van der Waals surface area (Å²) in [5.74, 6) is -1.27. The van der Waals surface area contributed by atoms with Gasteiger partial charge in [0.2, 0.25) is 0 Å². The van der Waals surface area contributed by atoms with Crippen LogP contribution in [-0.2, 0) is 4.74 Å². The molecular formula is C10H7BrFNO2. The van der Waals surface area contributed by atoms with E-state index in [2.05, 4.69) is 25.7 Å². The third-order valence-corrected chi connectivity index (χ3v) is 2.78. The Morgan fingerprint density at radius 2 is 2.27 bits per heavy atom. The smallest absolute Gasteiger partial charge is 0.340 e. The molecule has 0 spiro atoms. The molecule has 0 aliphatic heterocycles. The summed E-state index contributed by atoms with van der Waals surface area (Å²) >= 11 is 3.29. The molecule has 1 aromatic carbocycles. The van der Waals surface area contributed by atoms with Crippen molar-refractivity contribution < 1.29 is 13.9 Å². The molecule has 15 heavy (non-hydrogen) atoms. The maximum absolute atomic E-state index is 13.4. The highest BCUT2D eigenvalue weighted by molar-refractivity contribution is 9.10. The molecule has 0 fully saturated rings. The normalized spacial score (nSPS) is 10.6. The van der Waals surface area contributed by atoms with E-state index in [1.807, 2.05) is 0 Å². The summed E-state index contributed by atoms with van der Waals surface area (Å²) in [6, 6.07) is 2.73. The summed E-state index contributed by atoms with van der Waals surface area (Å²) in [6.45, 7) is 0. The third kappa shape index (κ3) is 1.63. The van der Waals surface area contributed by atoms with Crippen LogP contribution in [0.2, 0.25) is 0 Å². The maximum atomic E-state index is 13.4. The van der Waals surface area contributed by atoms with E-state index in [4.69, 9.17) is 0 Å². The van der Waals surface area contributed by atoms with Gasteiger partial charge < -0.3 is 9.72 Å². The van der Waals surface area contributed by atoms with E-state index in [9.17, 15) is 9.18 Å². The first-order valence-corrected chi connectivity index (χ1v) is 4.97. The number of rotatable bonds is 1. The number of aromatic amines is 1. The second-order valence-electron chi connectivity index (χ2n) is 3.01. The zero-order valence-electron chi connectivity index (χ0n) is 7.80. The second kappa shape index (κ2) is 3.66. The minimum absolute atomic E-state index is 0.0645. The fourth-order valence-electron chi connectivity index (χ4n) is 1.38. The van der Waals surface area contributed by atoms with Crippen molar-refractivity contribution in [1.82, 2.24) is 4.98 Å². The number of halogens is 2. The number of carbonyl (C=O) groups excluding carboxylic acids is 1. The molecule has 78 valence electrons. The molecule has 0 unspecified atom stereocenters. The molecule has 0 radical (unpaired) electrons. The summed E-state index contributed by atoms with van der Waals surface area (Å²) in [5, 5.41) is 0.747. The van der Waals surface area contributed by atoms with Crippen LogP contribution in [0.4, 0.5) is 4.39 Å². The highest BCUT2D eigenvalue weighted by atomic mass is 79.9. The van der Waals surface area contributed by atoms with Gasteiger partial charge in [0.05, 0.1) is 12.7 Å². The molecule has 1 heterocycles. The van der Waals surface area contributed by atoms with Crippen molar-refractivity contribution in [2.45, 2.75) is 0 Å². The number of aromatic nitrogens is 1. The highest BCUT2D eigenvalue weighted by Crippen LogP contribution is 2.26. The summed E-state index contributed by atoms with van der Waals surface area (Å²) in [6.07, 6.45) is 1.69. The van der Waals surface area contributed by atoms with Crippen molar-refractivity contribution in [2.24, 2.45) is 0 Å². The topological polar surface area (TPSA) is 42.1 Å². The molecule has 2 rings (SSSR count). The SMILES string of the molecule is COC(=O)c1cc2c(Br)c[nH]c2cc1F. The molecule has 0 saturated heterocycles. The van der Waals surface area contributed by atoms with Gasteiger partial charge in [-0.15, -0.1) is 0 Å². The van der Waals surface area contributed by atoms with E-state index in [0.717, 1.165) is 9.86 Å². The van der Waals surface area contributed by atoms with Crippen molar-refractivity contribution >= 4 is 32.8 Å². The van der Waals surface area contributed by atoms with Gasteiger partial charge in [-0.05, 0) is 28.1 Å². The standard InChI is InChI=1S/C10H7BrFNO2/c1-15-10(14)6-2-5-7(11)4-13-9(5)3-8(6)12/h2-4,13H,1H3. The lowest BCUT2D eigenvalue weighted by Crippen LogP contribution is -2.04. The van der Waals surface area contributed by atoms with Gasteiger partial charge in [0.25, 0.3) is 0 Å². The lowest BCUT2D eigenvalue weighted by molar-refractivity contribution is 0.0596. The Bertz CT molecular complexity index is 535. The number of H-pyrrole nitrogens is 1. The van der Waals surface area contributed by atoms with Crippen molar-refractivity contribution in [3.63, 3.8) is 0 Å². The minimum atomic E-state index is -0.678. The Balaban J connectivity index is 2.70. The summed E-state index contributed by atoms with van der Waals surface area (Å²) in [5.41, 5.74) is 0.567. The molecule has 2 aromatic rings. The van der Waals surface area contributed by atoms with Crippen LogP contribution in [0.15, 0.2) is 22.8 Å².